The number of hydrogen-bond acceptors (Lipinski definition) is 7. The van der Waals surface area contributed by atoms with E-state index in [1.807, 2.05) is 72.2 Å². The number of ether oxygens (including phenoxy) is 2. The zero-order chi connectivity index (χ0) is 31.4. The van der Waals surface area contributed by atoms with Gasteiger partial charge in [-0.1, -0.05) is 57.7 Å². The Morgan fingerprint density at radius 1 is 1.10 bits per heavy atom. The van der Waals surface area contributed by atoms with Crippen molar-refractivity contribution in [3.8, 4) is 0 Å². The van der Waals surface area contributed by atoms with Crippen LogP contribution >= 0.6 is 0 Å². The zero-order valence-corrected chi connectivity index (χ0v) is 26.3. The van der Waals surface area contributed by atoms with Crippen molar-refractivity contribution in [2.45, 2.75) is 90.8 Å². The Hall–Kier alpha value is -2.81. The second-order valence-electron chi connectivity index (χ2n) is 14.3. The van der Waals surface area contributed by atoms with E-state index in [9.17, 15) is 24.6 Å². The lowest BCUT2D eigenvalue weighted by Gasteiger charge is -2.58. The van der Waals surface area contributed by atoms with Crippen LogP contribution < -0.4 is 0 Å². The molecule has 8 nitrogen and oxygen atoms in total. The number of carbonyl (C=O) groups excluding carboxylic acids is 3. The quantitative estimate of drug-likeness (QED) is 0.292. The number of esters is 2. The maximum absolute atomic E-state index is 13.5. The smallest absolute Gasteiger partial charge is 0.312 e. The molecule has 3 aliphatic rings. The molecule has 0 spiro atoms. The van der Waals surface area contributed by atoms with Crippen molar-refractivity contribution in [1.82, 2.24) is 0 Å². The van der Waals surface area contributed by atoms with Crippen LogP contribution in [0.1, 0.15) is 71.9 Å². The lowest BCUT2D eigenvalue weighted by Crippen LogP contribution is -2.62. The van der Waals surface area contributed by atoms with Crippen molar-refractivity contribution in [2.24, 2.45) is 22.7 Å². The molecule has 2 N–H and O–H groups in total. The van der Waals surface area contributed by atoms with Crippen LogP contribution in [-0.2, 0) is 23.9 Å². The summed E-state index contributed by atoms with van der Waals surface area (Å²) in [7, 11) is 6.12. The first kappa shape index (κ1) is 32.1. The Morgan fingerprint density at radius 3 is 2.29 bits per heavy atom. The molecule has 1 aromatic rings. The Kier molecular flexibility index (Phi) is 8.68. The summed E-state index contributed by atoms with van der Waals surface area (Å²) in [6.07, 6.45) is -2.87. The van der Waals surface area contributed by atoms with Gasteiger partial charge in [0.2, 0.25) is 0 Å². The summed E-state index contributed by atoms with van der Waals surface area (Å²) in [6, 6.07) is 9.75. The molecule has 0 radical (unpaired) electrons. The number of hydrogen-bond donors (Lipinski definition) is 2. The van der Waals surface area contributed by atoms with E-state index in [2.05, 4.69) is 6.58 Å². The lowest BCUT2D eigenvalue weighted by atomic mass is 9.49. The average Bonchev–Trinajstić information content (AvgIpc) is 2.88. The number of rotatable bonds is 6. The van der Waals surface area contributed by atoms with Gasteiger partial charge in [0, 0.05) is 36.2 Å². The van der Waals surface area contributed by atoms with Gasteiger partial charge in [0.25, 0.3) is 0 Å². The highest BCUT2D eigenvalue weighted by Gasteiger charge is 2.62. The van der Waals surface area contributed by atoms with Crippen molar-refractivity contribution in [3.05, 3.63) is 59.2 Å². The molecular weight excluding hydrogens is 534 g/mol. The van der Waals surface area contributed by atoms with E-state index in [4.69, 9.17) is 9.47 Å². The van der Waals surface area contributed by atoms with Crippen molar-refractivity contribution in [3.63, 3.8) is 0 Å². The van der Waals surface area contributed by atoms with E-state index in [0.29, 0.717) is 34.0 Å². The highest BCUT2D eigenvalue weighted by Crippen LogP contribution is 2.59. The molecule has 0 aliphatic heterocycles. The molecule has 2 fully saturated rings. The molecule has 0 aromatic heterocycles. The molecule has 4 rings (SSSR count). The van der Waals surface area contributed by atoms with Gasteiger partial charge in [-0.3, -0.25) is 14.4 Å². The molecule has 42 heavy (non-hydrogen) atoms. The van der Waals surface area contributed by atoms with Crippen LogP contribution in [0.3, 0.4) is 0 Å². The van der Waals surface area contributed by atoms with Crippen molar-refractivity contribution >= 4 is 17.7 Å². The standard InChI is InChI=1S/C34H48NO7/c1-19-25(37)17-23-30(39)29-20(2)26(42-27(38)18-24(35(7,8)9)22-13-11-10-12-14-22)15-16-34(29,6)32(41-21(3)36)31(40)28(19)33(23,4)5/h10-14,23-24,26,29-32,39-40H,2,15-18H2,1,3-9H3/q+1/t23-,24?,26-,29-,30+,31+,32-,34+/m0/s1. The van der Waals surface area contributed by atoms with Gasteiger partial charge in [-0.2, -0.15) is 0 Å². The predicted molar refractivity (Wildman–Crippen MR) is 159 cm³/mol. The van der Waals surface area contributed by atoms with Gasteiger partial charge in [0.05, 0.1) is 27.2 Å². The van der Waals surface area contributed by atoms with Crippen LogP contribution in [0.25, 0.3) is 0 Å². The minimum atomic E-state index is -1.24. The molecule has 8 heteroatoms. The molecule has 1 unspecified atom stereocenters. The fourth-order valence-corrected chi connectivity index (χ4v) is 8.06. The molecule has 3 aliphatic carbocycles. The maximum atomic E-state index is 13.5. The summed E-state index contributed by atoms with van der Waals surface area (Å²) in [5.41, 5.74) is 0.859. The molecule has 2 saturated carbocycles. The van der Waals surface area contributed by atoms with Gasteiger partial charge >= 0.3 is 11.9 Å². The third kappa shape index (κ3) is 5.61. The minimum absolute atomic E-state index is 0.126. The highest BCUT2D eigenvalue weighted by atomic mass is 16.6. The third-order valence-corrected chi connectivity index (χ3v) is 10.3. The van der Waals surface area contributed by atoms with Crippen LogP contribution in [0.2, 0.25) is 0 Å². The Bertz CT molecular complexity index is 1280. The predicted octanol–water partition coefficient (Wildman–Crippen LogP) is 4.31. The molecule has 8 atom stereocenters. The van der Waals surface area contributed by atoms with Crippen molar-refractivity contribution in [2.75, 3.05) is 21.1 Å². The molecule has 2 bridgehead atoms. The van der Waals surface area contributed by atoms with Crippen LogP contribution in [0.15, 0.2) is 53.6 Å². The van der Waals surface area contributed by atoms with Crippen LogP contribution in [0, 0.1) is 22.7 Å². The number of ketones is 1. The number of fused-ring (bicyclic) bond motifs is 3. The number of carbonyl (C=O) groups is 3. The number of aliphatic hydroxyl groups is 2. The maximum Gasteiger partial charge on any atom is 0.312 e. The van der Waals surface area contributed by atoms with E-state index < -0.39 is 53.1 Å². The van der Waals surface area contributed by atoms with Gasteiger partial charge in [-0.15, -0.1) is 0 Å². The van der Waals surface area contributed by atoms with E-state index in [1.165, 1.54) is 6.92 Å². The van der Waals surface area contributed by atoms with Gasteiger partial charge in [0.1, 0.15) is 30.8 Å². The van der Waals surface area contributed by atoms with Crippen LogP contribution in [-0.4, -0.2) is 78.0 Å². The normalized spacial score (nSPS) is 33.7. The Labute approximate surface area is 250 Å². The highest BCUT2D eigenvalue weighted by molar-refractivity contribution is 5.97. The number of benzene rings is 1. The van der Waals surface area contributed by atoms with E-state index in [1.54, 1.807) is 6.92 Å². The fourth-order valence-electron chi connectivity index (χ4n) is 8.06. The fraction of sp³-hybridized carbons (Fsp3) is 0.618. The number of quaternary nitrogens is 1. The molecule has 0 amide bonds. The van der Waals surface area contributed by atoms with Crippen molar-refractivity contribution in [1.29, 1.82) is 0 Å². The first-order chi connectivity index (χ1) is 19.4. The second kappa shape index (κ2) is 11.4. The molecule has 0 saturated heterocycles. The molecule has 1 aromatic carbocycles. The van der Waals surface area contributed by atoms with E-state index in [0.717, 1.165) is 5.56 Å². The SMILES string of the molecule is C=C1[C@@H](OC(=O)CC(c2ccccc2)[N+](C)(C)C)CC[C@@]2(C)[C@@H](OC(C)=O)[C@H](O)C3=C(C)C(=O)C[C@@H]([C@@H](O)[C@H]12)C3(C)C. The van der Waals surface area contributed by atoms with Crippen LogP contribution in [0.5, 0.6) is 0 Å². The first-order valence-electron chi connectivity index (χ1n) is 14.9. The van der Waals surface area contributed by atoms with Gasteiger partial charge in [-0.05, 0) is 41.9 Å². The number of Topliss-reactive ketones (excluding diaryl/α,β-unsaturated/α-hetero) is 1. The number of aliphatic hydroxyl groups excluding tert-OH is 2. The van der Waals surface area contributed by atoms with Gasteiger partial charge < -0.3 is 24.2 Å². The minimum Gasteiger partial charge on any atom is -0.459 e. The molecule has 0 heterocycles. The lowest BCUT2D eigenvalue weighted by molar-refractivity contribution is -0.901. The van der Waals surface area contributed by atoms with Crippen LogP contribution in [0.4, 0.5) is 0 Å². The topological polar surface area (TPSA) is 110 Å². The summed E-state index contributed by atoms with van der Waals surface area (Å²) < 4.78 is 12.5. The van der Waals surface area contributed by atoms with E-state index in [-0.39, 0.29) is 30.6 Å². The first-order valence-corrected chi connectivity index (χ1v) is 14.9. The summed E-state index contributed by atoms with van der Waals surface area (Å²) in [5, 5.41) is 23.9. The largest absolute Gasteiger partial charge is 0.459 e. The number of allylic oxidation sites excluding steroid dienone is 1. The summed E-state index contributed by atoms with van der Waals surface area (Å²) in [5.74, 6) is -2.27. The van der Waals surface area contributed by atoms with Gasteiger partial charge in [-0.25, -0.2) is 0 Å². The average molecular weight is 583 g/mol. The zero-order valence-electron chi connectivity index (χ0n) is 26.3. The molecule has 230 valence electrons. The van der Waals surface area contributed by atoms with Crippen molar-refractivity contribution < 1.29 is 38.6 Å². The van der Waals surface area contributed by atoms with E-state index >= 15 is 0 Å². The molecular formula is C34H48NO7+. The van der Waals surface area contributed by atoms with Gasteiger partial charge in [0.15, 0.2) is 5.78 Å². The second-order valence-corrected chi connectivity index (χ2v) is 14.3. The summed E-state index contributed by atoms with van der Waals surface area (Å²) in [6.45, 7) is 13.1. The third-order valence-electron chi connectivity index (χ3n) is 10.3. The Balaban J connectivity index is 1.69. The summed E-state index contributed by atoms with van der Waals surface area (Å²) >= 11 is 0. The number of nitrogens with zero attached hydrogens (tertiary/aromatic N) is 1. The Morgan fingerprint density at radius 2 is 1.71 bits per heavy atom. The summed E-state index contributed by atoms with van der Waals surface area (Å²) in [4.78, 5) is 38.9. The monoisotopic (exact) mass is 582 g/mol.